The van der Waals surface area contributed by atoms with Crippen molar-refractivity contribution >= 4 is 17.7 Å². The molecular weight excluding hydrogens is 370 g/mol. The third-order valence-electron chi connectivity index (χ3n) is 6.91. The van der Waals surface area contributed by atoms with E-state index >= 15 is 0 Å². The van der Waals surface area contributed by atoms with Crippen molar-refractivity contribution < 1.29 is 23.8 Å². The average Bonchev–Trinajstić information content (AvgIpc) is 3.55. The summed E-state index contributed by atoms with van der Waals surface area (Å²) in [7, 11) is 0. The molecule has 28 heavy (non-hydrogen) atoms. The summed E-state index contributed by atoms with van der Waals surface area (Å²) in [5.41, 5.74) is 0.391. The van der Waals surface area contributed by atoms with Gasteiger partial charge in [-0.2, -0.15) is 4.98 Å². The number of β-amino-alcohol motifs (C(OH)–C–C–N with tert-alkyl or cyclic N) is 1. The predicted molar refractivity (Wildman–Crippen MR) is 96.7 cm³/mol. The van der Waals surface area contributed by atoms with Gasteiger partial charge >= 0.3 is 5.97 Å². The van der Waals surface area contributed by atoms with Crippen LogP contribution in [-0.2, 0) is 4.79 Å². The summed E-state index contributed by atoms with van der Waals surface area (Å²) < 4.78 is 27.7. The van der Waals surface area contributed by atoms with Crippen LogP contribution in [0, 0.1) is 17.8 Å². The van der Waals surface area contributed by atoms with E-state index in [0.29, 0.717) is 42.9 Å². The molecule has 2 aliphatic heterocycles. The van der Waals surface area contributed by atoms with Crippen LogP contribution >= 0.6 is 0 Å². The highest BCUT2D eigenvalue weighted by molar-refractivity contribution is 5.68. The highest BCUT2D eigenvalue weighted by Crippen LogP contribution is 2.56. The number of alkyl halides is 2. The molecule has 2 unspecified atom stereocenters. The molecule has 152 valence electrons. The molecule has 2 aliphatic carbocycles. The predicted octanol–water partition coefficient (Wildman–Crippen LogP) is 2.02. The Kier molecular flexibility index (Phi) is 4.01. The van der Waals surface area contributed by atoms with E-state index in [4.69, 9.17) is 5.11 Å². The Morgan fingerprint density at radius 2 is 1.89 bits per heavy atom. The molecule has 0 aromatic carbocycles. The summed E-state index contributed by atoms with van der Waals surface area (Å²) in [4.78, 5) is 23.7. The topological polar surface area (TPSA) is 89.8 Å². The average molecular weight is 394 g/mol. The van der Waals surface area contributed by atoms with Crippen LogP contribution < -0.4 is 9.80 Å². The number of carbonyl (C=O) groups is 1. The molecular formula is C19H24F2N4O3. The van der Waals surface area contributed by atoms with Gasteiger partial charge < -0.3 is 20.0 Å². The summed E-state index contributed by atoms with van der Waals surface area (Å²) in [6.07, 6.45) is -1.25. The van der Waals surface area contributed by atoms with E-state index in [9.17, 15) is 18.7 Å². The van der Waals surface area contributed by atoms with Crippen LogP contribution in [0.1, 0.15) is 49.8 Å². The third-order valence-corrected chi connectivity index (χ3v) is 6.91. The van der Waals surface area contributed by atoms with Crippen molar-refractivity contribution in [2.24, 2.45) is 17.8 Å². The fourth-order valence-electron chi connectivity index (χ4n) is 4.94. The highest BCUT2D eigenvalue weighted by atomic mass is 19.3. The van der Waals surface area contributed by atoms with Gasteiger partial charge in [0.15, 0.2) is 0 Å². The van der Waals surface area contributed by atoms with Crippen molar-refractivity contribution in [1.29, 1.82) is 0 Å². The summed E-state index contributed by atoms with van der Waals surface area (Å²) >= 11 is 0. The molecule has 5 rings (SSSR count). The SMILES string of the molecule is C[C@H]1[C@H](O)CN1c1nc(C(F)F)c(C2CC2)c(N2CC3C(CC(=O)O)C3C2)n1. The maximum atomic E-state index is 13.9. The number of halogens is 2. The van der Waals surface area contributed by atoms with E-state index in [1.54, 1.807) is 4.90 Å². The van der Waals surface area contributed by atoms with E-state index < -0.39 is 18.5 Å². The van der Waals surface area contributed by atoms with Gasteiger partial charge in [-0.25, -0.2) is 13.8 Å². The molecule has 2 saturated carbocycles. The van der Waals surface area contributed by atoms with E-state index in [-0.39, 0.29) is 35.9 Å². The van der Waals surface area contributed by atoms with Gasteiger partial charge in [0.05, 0.1) is 12.1 Å². The Morgan fingerprint density at radius 1 is 1.21 bits per heavy atom. The van der Waals surface area contributed by atoms with Crippen molar-refractivity contribution in [3.8, 4) is 0 Å². The van der Waals surface area contributed by atoms with Gasteiger partial charge in [-0.1, -0.05) is 0 Å². The highest BCUT2D eigenvalue weighted by Gasteiger charge is 2.57. The summed E-state index contributed by atoms with van der Waals surface area (Å²) in [5.74, 6) is 0.966. The number of fused-ring (bicyclic) bond motifs is 1. The van der Waals surface area contributed by atoms with Crippen LogP contribution in [0.25, 0.3) is 0 Å². The van der Waals surface area contributed by atoms with Crippen molar-refractivity contribution in [3.63, 3.8) is 0 Å². The van der Waals surface area contributed by atoms with Crippen LogP contribution in [-0.4, -0.2) is 57.9 Å². The van der Waals surface area contributed by atoms with Gasteiger partial charge in [-0.15, -0.1) is 0 Å². The van der Waals surface area contributed by atoms with Crippen LogP contribution in [0.15, 0.2) is 0 Å². The minimum Gasteiger partial charge on any atom is -0.481 e. The van der Waals surface area contributed by atoms with E-state index in [1.807, 2.05) is 6.92 Å². The molecule has 0 spiro atoms. The van der Waals surface area contributed by atoms with Crippen molar-refractivity contribution in [2.75, 3.05) is 29.4 Å². The zero-order chi connectivity index (χ0) is 19.7. The molecule has 2 saturated heterocycles. The molecule has 0 radical (unpaired) electrons. The lowest BCUT2D eigenvalue weighted by Gasteiger charge is -2.43. The lowest BCUT2D eigenvalue weighted by molar-refractivity contribution is -0.137. The minimum atomic E-state index is -2.67. The number of carboxylic acids is 1. The lowest BCUT2D eigenvalue weighted by Crippen LogP contribution is -2.59. The first kappa shape index (κ1) is 18.0. The molecule has 4 fully saturated rings. The zero-order valence-electron chi connectivity index (χ0n) is 15.6. The number of aliphatic carboxylic acids is 1. The Bertz CT molecular complexity index is 807. The van der Waals surface area contributed by atoms with Gasteiger partial charge in [0.25, 0.3) is 6.43 Å². The van der Waals surface area contributed by atoms with E-state index in [0.717, 1.165) is 12.8 Å². The first-order chi connectivity index (χ1) is 13.3. The number of aliphatic hydroxyl groups is 1. The molecule has 0 amide bonds. The number of aliphatic hydroxyl groups excluding tert-OH is 1. The normalized spacial score (nSPS) is 33.8. The summed E-state index contributed by atoms with van der Waals surface area (Å²) in [6.45, 7) is 3.51. The van der Waals surface area contributed by atoms with Crippen LogP contribution in [0.3, 0.4) is 0 Å². The molecule has 2 N–H and O–H groups in total. The second-order valence-electron chi connectivity index (χ2n) is 8.68. The largest absolute Gasteiger partial charge is 0.481 e. The smallest absolute Gasteiger partial charge is 0.303 e. The number of aromatic nitrogens is 2. The summed E-state index contributed by atoms with van der Waals surface area (Å²) in [5, 5.41) is 18.8. The van der Waals surface area contributed by atoms with Gasteiger partial charge in [-0.3, -0.25) is 4.79 Å². The number of nitrogens with zero attached hydrogens (tertiary/aromatic N) is 4. The van der Waals surface area contributed by atoms with Gasteiger partial charge in [0.2, 0.25) is 5.95 Å². The monoisotopic (exact) mass is 394 g/mol. The number of rotatable bonds is 6. The fourth-order valence-corrected chi connectivity index (χ4v) is 4.94. The number of carboxylic acid groups (broad SMARTS) is 1. The second-order valence-corrected chi connectivity index (χ2v) is 8.68. The van der Waals surface area contributed by atoms with Crippen molar-refractivity contribution in [3.05, 3.63) is 11.3 Å². The molecule has 3 heterocycles. The van der Waals surface area contributed by atoms with Crippen molar-refractivity contribution in [1.82, 2.24) is 9.97 Å². The Labute approximate surface area is 161 Å². The van der Waals surface area contributed by atoms with Crippen LogP contribution in [0.5, 0.6) is 0 Å². The molecule has 9 heteroatoms. The maximum absolute atomic E-state index is 13.9. The van der Waals surface area contributed by atoms with Gasteiger partial charge in [-0.05, 0) is 43.4 Å². The fraction of sp³-hybridized carbons (Fsp3) is 0.737. The van der Waals surface area contributed by atoms with E-state index in [1.165, 1.54) is 0 Å². The molecule has 1 aromatic rings. The maximum Gasteiger partial charge on any atom is 0.303 e. The Morgan fingerprint density at radius 3 is 2.39 bits per heavy atom. The number of hydrogen-bond donors (Lipinski definition) is 2. The van der Waals surface area contributed by atoms with E-state index in [2.05, 4.69) is 14.9 Å². The quantitative estimate of drug-likeness (QED) is 0.763. The molecule has 1 aromatic heterocycles. The van der Waals surface area contributed by atoms with Crippen LogP contribution in [0.4, 0.5) is 20.5 Å². The minimum absolute atomic E-state index is 0.0826. The molecule has 4 atom stereocenters. The van der Waals surface area contributed by atoms with Crippen LogP contribution in [0.2, 0.25) is 0 Å². The first-order valence-electron chi connectivity index (χ1n) is 9.96. The van der Waals surface area contributed by atoms with Gasteiger partial charge in [0, 0.05) is 31.6 Å². The zero-order valence-corrected chi connectivity index (χ0v) is 15.6. The first-order valence-corrected chi connectivity index (χ1v) is 9.96. The summed E-state index contributed by atoms with van der Waals surface area (Å²) in [6, 6.07) is -0.197. The Balaban J connectivity index is 1.46. The molecule has 0 bridgehead atoms. The van der Waals surface area contributed by atoms with Crippen molar-refractivity contribution in [2.45, 2.75) is 50.7 Å². The number of piperidine rings is 1. The molecule has 7 nitrogen and oxygen atoms in total. The van der Waals surface area contributed by atoms with Gasteiger partial charge in [0.1, 0.15) is 11.5 Å². The Hall–Kier alpha value is -2.03. The number of anilines is 2. The molecule has 4 aliphatic rings. The lowest BCUT2D eigenvalue weighted by atomic mass is 10.0. The second kappa shape index (κ2) is 6.23. The standard InChI is InChI=1S/C19H24F2N4O3/c1-8-13(26)7-25(8)19-22-16(17(20)21)15(9-2-3-9)18(23-19)24-5-11-10(4-14(27)28)12(11)6-24/h8-13,17,26H,2-7H2,1H3,(H,27,28)/t8-,10?,11?,12?,13+/m0/s1. The number of hydrogen-bond acceptors (Lipinski definition) is 6. The third kappa shape index (κ3) is 2.82.